The molecule has 2 N–H and O–H groups in total. The van der Waals surface area contributed by atoms with Crippen molar-refractivity contribution in [2.24, 2.45) is 0 Å². The fraction of sp³-hybridized carbons (Fsp3) is 0.286. The highest BCUT2D eigenvalue weighted by atomic mass is 16.5. The van der Waals surface area contributed by atoms with Crippen LogP contribution >= 0.6 is 0 Å². The van der Waals surface area contributed by atoms with Gasteiger partial charge < -0.3 is 15.2 Å². The summed E-state index contributed by atoms with van der Waals surface area (Å²) in [5.74, 6) is 1.41. The lowest BCUT2D eigenvalue weighted by atomic mass is 10.0. The Morgan fingerprint density at radius 2 is 1.85 bits per heavy atom. The zero-order chi connectivity index (χ0) is 23.8. The maximum Gasteiger partial charge on any atom is 0.227 e. The standard InChI is InChI=1S/C28H33N3O2/c1-6-22(15-14-20(4)25-12-7-8-13-27(25)33-19(2)3)26-16-17-29-28(31-26)30-24-11-9-10-23(18-24)21(5)32/h7-19,21,32H,6H2,1-5H3,(H,29,30,31)/b20-14+,22-15+. The Labute approximate surface area is 196 Å². The van der Waals surface area contributed by atoms with E-state index in [1.165, 1.54) is 0 Å². The van der Waals surface area contributed by atoms with Crippen molar-refractivity contribution in [2.75, 3.05) is 5.32 Å². The lowest BCUT2D eigenvalue weighted by molar-refractivity contribution is 0.199. The van der Waals surface area contributed by atoms with Gasteiger partial charge in [0.05, 0.1) is 17.9 Å². The van der Waals surface area contributed by atoms with E-state index < -0.39 is 6.10 Å². The minimum absolute atomic E-state index is 0.119. The van der Waals surface area contributed by atoms with Gasteiger partial charge >= 0.3 is 0 Å². The zero-order valence-corrected chi connectivity index (χ0v) is 20.0. The van der Waals surface area contributed by atoms with E-state index in [2.05, 4.69) is 42.4 Å². The molecule has 1 unspecified atom stereocenters. The van der Waals surface area contributed by atoms with E-state index in [1.807, 2.05) is 62.4 Å². The summed E-state index contributed by atoms with van der Waals surface area (Å²) in [6.45, 7) is 10.0. The molecule has 5 nitrogen and oxygen atoms in total. The number of hydrogen-bond donors (Lipinski definition) is 2. The van der Waals surface area contributed by atoms with Gasteiger partial charge in [-0.3, -0.25) is 0 Å². The number of aliphatic hydroxyl groups is 1. The van der Waals surface area contributed by atoms with Crippen LogP contribution in [0.1, 0.15) is 64.0 Å². The van der Waals surface area contributed by atoms with E-state index in [-0.39, 0.29) is 6.10 Å². The van der Waals surface area contributed by atoms with Crippen molar-refractivity contribution >= 4 is 22.8 Å². The number of aliphatic hydroxyl groups excluding tert-OH is 1. The molecule has 172 valence electrons. The van der Waals surface area contributed by atoms with Crippen molar-refractivity contribution in [2.45, 2.75) is 53.2 Å². The Bertz CT molecular complexity index is 1130. The number of anilines is 2. The van der Waals surface area contributed by atoms with Crippen molar-refractivity contribution in [3.05, 3.63) is 89.8 Å². The van der Waals surface area contributed by atoms with Crippen LogP contribution in [-0.2, 0) is 0 Å². The number of ether oxygens (including phenoxy) is 1. The molecule has 5 heteroatoms. The monoisotopic (exact) mass is 443 g/mol. The van der Waals surface area contributed by atoms with E-state index in [0.717, 1.165) is 45.8 Å². The van der Waals surface area contributed by atoms with Crippen LogP contribution in [-0.4, -0.2) is 21.2 Å². The minimum atomic E-state index is -0.528. The molecule has 1 atom stereocenters. The number of nitrogens with one attached hydrogen (secondary N) is 1. The molecule has 0 aliphatic rings. The summed E-state index contributed by atoms with van der Waals surface area (Å²) in [6.07, 6.45) is 6.41. The number of para-hydroxylation sites is 1. The summed E-state index contributed by atoms with van der Waals surface area (Å²) in [5, 5.41) is 13.1. The van der Waals surface area contributed by atoms with Gasteiger partial charge in [-0.2, -0.15) is 0 Å². The number of benzene rings is 2. The Balaban J connectivity index is 1.84. The van der Waals surface area contributed by atoms with Gasteiger partial charge in [0.15, 0.2) is 0 Å². The third-order valence-electron chi connectivity index (χ3n) is 5.20. The van der Waals surface area contributed by atoms with Crippen LogP contribution in [0.15, 0.2) is 72.9 Å². The van der Waals surface area contributed by atoms with Crippen LogP contribution < -0.4 is 10.1 Å². The normalized spacial score (nSPS) is 13.2. The van der Waals surface area contributed by atoms with Crippen LogP contribution in [0.4, 0.5) is 11.6 Å². The van der Waals surface area contributed by atoms with Crippen LogP contribution in [0.5, 0.6) is 5.75 Å². The average Bonchev–Trinajstić information content (AvgIpc) is 2.80. The third-order valence-corrected chi connectivity index (χ3v) is 5.20. The quantitative estimate of drug-likeness (QED) is 0.350. The van der Waals surface area contributed by atoms with E-state index in [4.69, 9.17) is 9.72 Å². The van der Waals surface area contributed by atoms with Crippen molar-refractivity contribution in [1.82, 2.24) is 9.97 Å². The van der Waals surface area contributed by atoms with Crippen LogP contribution in [0, 0.1) is 0 Å². The Kier molecular flexibility index (Phi) is 8.39. The van der Waals surface area contributed by atoms with Gasteiger partial charge in [-0.05, 0) is 75.1 Å². The molecule has 0 spiro atoms. The molecule has 2 aromatic carbocycles. The Morgan fingerprint density at radius 1 is 1.06 bits per heavy atom. The largest absolute Gasteiger partial charge is 0.490 e. The van der Waals surface area contributed by atoms with Gasteiger partial charge in [0.2, 0.25) is 5.95 Å². The Morgan fingerprint density at radius 3 is 2.58 bits per heavy atom. The van der Waals surface area contributed by atoms with Crippen LogP contribution in [0.2, 0.25) is 0 Å². The number of nitrogens with zero attached hydrogens (tertiary/aromatic N) is 2. The molecule has 0 amide bonds. The maximum atomic E-state index is 9.83. The van der Waals surface area contributed by atoms with Crippen molar-refractivity contribution in [3.8, 4) is 5.75 Å². The molecular formula is C28H33N3O2. The maximum absolute atomic E-state index is 9.83. The van der Waals surface area contributed by atoms with Gasteiger partial charge in [0, 0.05) is 17.4 Å². The van der Waals surface area contributed by atoms with E-state index in [1.54, 1.807) is 13.1 Å². The summed E-state index contributed by atoms with van der Waals surface area (Å²) in [5.41, 5.74) is 5.87. The highest BCUT2D eigenvalue weighted by molar-refractivity contribution is 5.74. The molecule has 0 bridgehead atoms. The molecule has 0 radical (unpaired) electrons. The highest BCUT2D eigenvalue weighted by Crippen LogP contribution is 2.28. The molecular weight excluding hydrogens is 410 g/mol. The van der Waals surface area contributed by atoms with Gasteiger partial charge in [-0.25, -0.2) is 9.97 Å². The topological polar surface area (TPSA) is 67.3 Å². The summed E-state index contributed by atoms with van der Waals surface area (Å²) in [7, 11) is 0. The molecule has 0 fully saturated rings. The van der Waals surface area contributed by atoms with Gasteiger partial charge in [-0.1, -0.05) is 49.4 Å². The number of rotatable bonds is 9. The second-order valence-electron chi connectivity index (χ2n) is 8.25. The molecule has 0 saturated heterocycles. The predicted octanol–water partition coefficient (Wildman–Crippen LogP) is 6.96. The smallest absolute Gasteiger partial charge is 0.227 e. The predicted molar refractivity (Wildman–Crippen MR) is 137 cm³/mol. The molecule has 33 heavy (non-hydrogen) atoms. The molecule has 3 rings (SSSR count). The number of allylic oxidation sites excluding steroid dienone is 4. The summed E-state index contributed by atoms with van der Waals surface area (Å²) < 4.78 is 5.97. The fourth-order valence-electron chi connectivity index (χ4n) is 3.45. The lowest BCUT2D eigenvalue weighted by Gasteiger charge is -2.14. The first-order valence-electron chi connectivity index (χ1n) is 11.4. The SMILES string of the molecule is CC/C(=C\C=C(/C)c1ccccc1OC(C)C)c1ccnc(Nc2cccc(C(C)O)c2)n1. The molecule has 0 aliphatic carbocycles. The second-order valence-corrected chi connectivity index (χ2v) is 8.25. The van der Waals surface area contributed by atoms with Crippen LogP contribution in [0.25, 0.3) is 11.1 Å². The highest BCUT2D eigenvalue weighted by Gasteiger charge is 2.08. The van der Waals surface area contributed by atoms with Gasteiger partial charge in [0.1, 0.15) is 5.75 Å². The van der Waals surface area contributed by atoms with Crippen molar-refractivity contribution in [3.63, 3.8) is 0 Å². The molecule has 0 aliphatic heterocycles. The first-order chi connectivity index (χ1) is 15.9. The lowest BCUT2D eigenvalue weighted by Crippen LogP contribution is -2.06. The van der Waals surface area contributed by atoms with Crippen molar-refractivity contribution in [1.29, 1.82) is 0 Å². The van der Waals surface area contributed by atoms with Crippen molar-refractivity contribution < 1.29 is 9.84 Å². The molecule has 0 saturated carbocycles. The summed E-state index contributed by atoms with van der Waals surface area (Å²) in [6, 6.07) is 17.7. The average molecular weight is 444 g/mol. The van der Waals surface area contributed by atoms with E-state index >= 15 is 0 Å². The first kappa shape index (κ1) is 24.2. The number of hydrogen-bond acceptors (Lipinski definition) is 5. The second kappa shape index (κ2) is 11.4. The minimum Gasteiger partial charge on any atom is -0.490 e. The summed E-state index contributed by atoms with van der Waals surface area (Å²) in [4.78, 5) is 9.08. The third kappa shape index (κ3) is 6.77. The first-order valence-corrected chi connectivity index (χ1v) is 11.4. The molecule has 1 aromatic heterocycles. The molecule has 1 heterocycles. The van der Waals surface area contributed by atoms with Gasteiger partial charge in [0.25, 0.3) is 0 Å². The van der Waals surface area contributed by atoms with Gasteiger partial charge in [-0.15, -0.1) is 0 Å². The van der Waals surface area contributed by atoms with E-state index in [9.17, 15) is 5.11 Å². The summed E-state index contributed by atoms with van der Waals surface area (Å²) >= 11 is 0. The molecule has 3 aromatic rings. The Hall–Kier alpha value is -3.44. The number of aromatic nitrogens is 2. The van der Waals surface area contributed by atoms with E-state index in [0.29, 0.717) is 5.95 Å². The zero-order valence-electron chi connectivity index (χ0n) is 20.0. The van der Waals surface area contributed by atoms with Crippen LogP contribution in [0.3, 0.4) is 0 Å². The fourth-order valence-corrected chi connectivity index (χ4v) is 3.45.